The average molecular weight is 247 g/mol. The Morgan fingerprint density at radius 2 is 2.06 bits per heavy atom. The number of nitrogens with zero attached hydrogens (tertiary/aromatic N) is 1. The lowest BCUT2D eigenvalue weighted by Gasteiger charge is -2.18. The molecular weight excluding hydrogens is 230 g/mol. The summed E-state index contributed by atoms with van der Waals surface area (Å²) in [5.74, 6) is 2.16. The fourth-order valence-corrected chi connectivity index (χ4v) is 2.00. The van der Waals surface area contributed by atoms with E-state index in [1.54, 1.807) is 26.6 Å². The third-order valence-electron chi connectivity index (χ3n) is 2.90. The van der Waals surface area contributed by atoms with Crippen molar-refractivity contribution in [3.8, 4) is 11.5 Å². The summed E-state index contributed by atoms with van der Waals surface area (Å²) >= 11 is 0. The van der Waals surface area contributed by atoms with E-state index in [2.05, 4.69) is 9.97 Å². The Morgan fingerprint density at radius 3 is 2.61 bits per heavy atom. The van der Waals surface area contributed by atoms with Gasteiger partial charge in [-0.05, 0) is 18.6 Å². The maximum absolute atomic E-state index is 6.21. The zero-order valence-electron chi connectivity index (χ0n) is 10.7. The first-order valence-corrected chi connectivity index (χ1v) is 5.64. The second-order valence-electron chi connectivity index (χ2n) is 4.01. The number of rotatable bonds is 4. The predicted octanol–water partition coefficient (Wildman–Crippen LogP) is 1.78. The molecule has 0 saturated carbocycles. The Labute approximate surface area is 106 Å². The molecule has 1 aromatic heterocycles. The SMILES string of the molecule is COc1cc(C)c(C(N)c2ncc[nH]2)c(OC)c1. The van der Waals surface area contributed by atoms with Gasteiger partial charge in [0.25, 0.3) is 0 Å². The van der Waals surface area contributed by atoms with Gasteiger partial charge in [0.15, 0.2) is 0 Å². The predicted molar refractivity (Wildman–Crippen MR) is 68.9 cm³/mol. The Kier molecular flexibility index (Phi) is 3.53. The number of benzene rings is 1. The molecule has 0 radical (unpaired) electrons. The minimum Gasteiger partial charge on any atom is -0.497 e. The second-order valence-corrected chi connectivity index (χ2v) is 4.01. The maximum atomic E-state index is 6.21. The number of hydrogen-bond acceptors (Lipinski definition) is 4. The first-order valence-electron chi connectivity index (χ1n) is 5.64. The summed E-state index contributed by atoms with van der Waals surface area (Å²) in [7, 11) is 3.24. The monoisotopic (exact) mass is 247 g/mol. The van der Waals surface area contributed by atoms with Crippen LogP contribution in [0.5, 0.6) is 11.5 Å². The molecule has 1 heterocycles. The van der Waals surface area contributed by atoms with E-state index in [0.29, 0.717) is 11.6 Å². The number of aryl methyl sites for hydroxylation is 1. The third-order valence-corrected chi connectivity index (χ3v) is 2.90. The van der Waals surface area contributed by atoms with Crippen molar-refractivity contribution in [3.05, 3.63) is 41.5 Å². The van der Waals surface area contributed by atoms with Gasteiger partial charge in [-0.2, -0.15) is 0 Å². The molecule has 0 aliphatic carbocycles. The van der Waals surface area contributed by atoms with Gasteiger partial charge in [-0.15, -0.1) is 0 Å². The van der Waals surface area contributed by atoms with Crippen molar-refractivity contribution in [2.24, 2.45) is 5.73 Å². The average Bonchev–Trinajstić information content (AvgIpc) is 2.90. The fourth-order valence-electron chi connectivity index (χ4n) is 2.00. The molecule has 2 rings (SSSR count). The largest absolute Gasteiger partial charge is 0.497 e. The normalized spacial score (nSPS) is 12.2. The van der Waals surface area contributed by atoms with Gasteiger partial charge in [0.2, 0.25) is 0 Å². The zero-order valence-corrected chi connectivity index (χ0v) is 10.7. The number of imidazole rings is 1. The molecule has 0 fully saturated rings. The van der Waals surface area contributed by atoms with Crippen LogP contribution in [-0.4, -0.2) is 24.2 Å². The van der Waals surface area contributed by atoms with Crippen LogP contribution in [0, 0.1) is 6.92 Å². The number of nitrogens with one attached hydrogen (secondary N) is 1. The third kappa shape index (κ3) is 2.17. The fraction of sp³-hybridized carbons (Fsp3) is 0.308. The topological polar surface area (TPSA) is 73.2 Å². The van der Waals surface area contributed by atoms with E-state index in [1.807, 2.05) is 19.1 Å². The van der Waals surface area contributed by atoms with E-state index >= 15 is 0 Å². The number of aromatic nitrogens is 2. The van der Waals surface area contributed by atoms with Crippen LogP contribution in [0.1, 0.15) is 23.0 Å². The first-order chi connectivity index (χ1) is 8.67. The van der Waals surface area contributed by atoms with Crippen molar-refractivity contribution in [1.29, 1.82) is 0 Å². The van der Waals surface area contributed by atoms with E-state index in [1.165, 1.54) is 0 Å². The molecule has 1 unspecified atom stereocenters. The lowest BCUT2D eigenvalue weighted by Crippen LogP contribution is -2.16. The number of methoxy groups -OCH3 is 2. The van der Waals surface area contributed by atoms with Crippen LogP contribution in [-0.2, 0) is 0 Å². The highest BCUT2D eigenvalue weighted by Gasteiger charge is 2.19. The molecule has 2 aromatic rings. The molecule has 0 saturated heterocycles. The summed E-state index contributed by atoms with van der Waals surface area (Å²) in [5, 5.41) is 0. The molecule has 0 spiro atoms. The van der Waals surface area contributed by atoms with E-state index in [-0.39, 0.29) is 6.04 Å². The minimum absolute atomic E-state index is 0.346. The van der Waals surface area contributed by atoms with Gasteiger partial charge in [0.1, 0.15) is 17.3 Å². The molecule has 0 aliphatic rings. The van der Waals surface area contributed by atoms with Gasteiger partial charge < -0.3 is 20.2 Å². The van der Waals surface area contributed by atoms with Crippen LogP contribution < -0.4 is 15.2 Å². The minimum atomic E-state index is -0.346. The lowest BCUT2D eigenvalue weighted by atomic mass is 9.99. The number of H-pyrrole nitrogens is 1. The molecule has 18 heavy (non-hydrogen) atoms. The summed E-state index contributed by atoms with van der Waals surface area (Å²) in [5.41, 5.74) is 8.13. The van der Waals surface area contributed by atoms with Crippen molar-refractivity contribution in [3.63, 3.8) is 0 Å². The molecule has 5 heteroatoms. The van der Waals surface area contributed by atoms with Crippen molar-refractivity contribution in [2.45, 2.75) is 13.0 Å². The van der Waals surface area contributed by atoms with Gasteiger partial charge in [0, 0.05) is 24.0 Å². The summed E-state index contributed by atoms with van der Waals surface area (Å²) in [6.45, 7) is 1.98. The van der Waals surface area contributed by atoms with Crippen molar-refractivity contribution in [2.75, 3.05) is 14.2 Å². The van der Waals surface area contributed by atoms with Crippen LogP contribution in [0.3, 0.4) is 0 Å². The van der Waals surface area contributed by atoms with Gasteiger partial charge in [0.05, 0.1) is 20.3 Å². The Hall–Kier alpha value is -2.01. The molecule has 3 N–H and O–H groups in total. The number of aromatic amines is 1. The zero-order chi connectivity index (χ0) is 13.1. The van der Waals surface area contributed by atoms with E-state index in [0.717, 1.165) is 16.9 Å². The van der Waals surface area contributed by atoms with E-state index in [4.69, 9.17) is 15.2 Å². The number of hydrogen-bond donors (Lipinski definition) is 2. The molecule has 0 bridgehead atoms. The van der Waals surface area contributed by atoms with Gasteiger partial charge in [-0.1, -0.05) is 0 Å². The summed E-state index contributed by atoms with van der Waals surface area (Å²) < 4.78 is 10.6. The Morgan fingerprint density at radius 1 is 1.28 bits per heavy atom. The molecule has 0 aliphatic heterocycles. The quantitative estimate of drug-likeness (QED) is 0.863. The van der Waals surface area contributed by atoms with Crippen molar-refractivity contribution < 1.29 is 9.47 Å². The van der Waals surface area contributed by atoms with Crippen LogP contribution in [0.4, 0.5) is 0 Å². The van der Waals surface area contributed by atoms with Gasteiger partial charge in [-0.3, -0.25) is 0 Å². The lowest BCUT2D eigenvalue weighted by molar-refractivity contribution is 0.388. The molecule has 1 aromatic carbocycles. The summed E-state index contributed by atoms with van der Waals surface area (Å²) in [4.78, 5) is 7.20. The Bertz CT molecular complexity index is 523. The first kappa shape index (κ1) is 12.4. The highest BCUT2D eigenvalue weighted by Crippen LogP contribution is 2.33. The smallest absolute Gasteiger partial charge is 0.128 e. The summed E-state index contributed by atoms with van der Waals surface area (Å²) in [6.07, 6.45) is 3.43. The van der Waals surface area contributed by atoms with Crippen LogP contribution >= 0.6 is 0 Å². The standard InChI is InChI=1S/C13H17N3O2/c1-8-6-9(17-2)7-10(18-3)11(8)12(14)13-15-4-5-16-13/h4-7,12H,14H2,1-3H3,(H,15,16). The van der Waals surface area contributed by atoms with Gasteiger partial charge in [-0.25, -0.2) is 4.98 Å². The number of ether oxygens (including phenoxy) is 2. The number of nitrogens with two attached hydrogens (primary N) is 1. The highest BCUT2D eigenvalue weighted by molar-refractivity contribution is 5.49. The van der Waals surface area contributed by atoms with E-state index in [9.17, 15) is 0 Å². The molecular formula is C13H17N3O2. The molecule has 5 nitrogen and oxygen atoms in total. The molecule has 1 atom stereocenters. The Balaban J connectivity index is 2.49. The van der Waals surface area contributed by atoms with Crippen molar-refractivity contribution >= 4 is 0 Å². The maximum Gasteiger partial charge on any atom is 0.128 e. The van der Waals surface area contributed by atoms with E-state index < -0.39 is 0 Å². The highest BCUT2D eigenvalue weighted by atomic mass is 16.5. The van der Waals surface area contributed by atoms with Crippen LogP contribution in [0.2, 0.25) is 0 Å². The van der Waals surface area contributed by atoms with Crippen LogP contribution in [0.15, 0.2) is 24.5 Å². The molecule has 96 valence electrons. The second kappa shape index (κ2) is 5.10. The van der Waals surface area contributed by atoms with Crippen molar-refractivity contribution in [1.82, 2.24) is 9.97 Å². The molecule has 0 amide bonds. The van der Waals surface area contributed by atoms with Crippen LogP contribution in [0.25, 0.3) is 0 Å². The van der Waals surface area contributed by atoms with Gasteiger partial charge >= 0.3 is 0 Å². The summed E-state index contributed by atoms with van der Waals surface area (Å²) in [6, 6.07) is 3.41.